The average Bonchev–Trinajstić information content (AvgIpc) is 3.06. The molecular formula is C18H30Cl2OSi3Zr. The van der Waals surface area contributed by atoms with Gasteiger partial charge in [0.1, 0.15) is 0 Å². The predicted molar refractivity (Wildman–Crippen MR) is 104 cm³/mol. The first-order chi connectivity index (χ1) is 10.1. The summed E-state index contributed by atoms with van der Waals surface area (Å²) < 4.78 is 6.45. The Labute approximate surface area is 189 Å². The maximum Gasteiger partial charge on any atom is 4.00 e. The van der Waals surface area contributed by atoms with Gasteiger partial charge in [-0.3, -0.25) is 12.2 Å². The van der Waals surface area contributed by atoms with Gasteiger partial charge >= 0.3 is 26.2 Å². The van der Waals surface area contributed by atoms with Gasteiger partial charge in [0, 0.05) is 15.2 Å². The summed E-state index contributed by atoms with van der Waals surface area (Å²) in [4.78, 5) is 0. The second kappa shape index (κ2) is 10.4. The molecule has 2 aliphatic rings. The fourth-order valence-electron chi connectivity index (χ4n) is 3.22. The normalized spacial score (nSPS) is 18.8. The summed E-state index contributed by atoms with van der Waals surface area (Å²) in [6.45, 7) is 16.8. The number of allylic oxidation sites excluding steroid dienone is 7. The summed E-state index contributed by atoms with van der Waals surface area (Å²) in [5, 5.41) is 2.95. The van der Waals surface area contributed by atoms with Crippen LogP contribution in [0.3, 0.4) is 0 Å². The standard InChI is InChI=1S/C18H30OSi3.2ClH.Zr/c1-8-21(5,6)22(7,16-12-9-10-13-16)18-15-11-14-17(18)19-20(2,3)4;;;/h9,12,14H,8,10-11H2,1-7H3;2*1H;/q-2;;;+4/p-2. The Hall–Kier alpha value is 0.874. The minimum Gasteiger partial charge on any atom is -1.00 e. The second-order valence-electron chi connectivity index (χ2n) is 8.10. The molecule has 0 aromatic heterocycles. The maximum atomic E-state index is 6.45. The molecule has 2 rings (SSSR count). The van der Waals surface area contributed by atoms with Crippen molar-refractivity contribution in [2.24, 2.45) is 0 Å². The molecule has 0 heterocycles. The second-order valence-corrected chi connectivity index (χ2v) is 27.4. The molecule has 0 saturated heterocycles. The summed E-state index contributed by atoms with van der Waals surface area (Å²) in [5.41, 5.74) is 0. The van der Waals surface area contributed by atoms with E-state index < -0.39 is 23.5 Å². The van der Waals surface area contributed by atoms with Crippen LogP contribution in [-0.4, -0.2) is 23.5 Å². The number of hydrogen-bond donors (Lipinski definition) is 0. The Bertz CT molecular complexity index is 577. The third kappa shape index (κ3) is 5.92. The van der Waals surface area contributed by atoms with Crippen LogP contribution in [0.5, 0.6) is 0 Å². The summed E-state index contributed by atoms with van der Waals surface area (Å²) >= 11 is 0. The van der Waals surface area contributed by atoms with Crippen LogP contribution >= 0.6 is 0 Å². The third-order valence-corrected chi connectivity index (χ3v) is 24.1. The van der Waals surface area contributed by atoms with Crippen LogP contribution in [-0.2, 0) is 30.6 Å². The van der Waals surface area contributed by atoms with Crippen molar-refractivity contribution in [3.63, 3.8) is 0 Å². The Morgan fingerprint density at radius 1 is 1.00 bits per heavy atom. The van der Waals surface area contributed by atoms with Crippen molar-refractivity contribution in [1.82, 2.24) is 0 Å². The number of halogens is 2. The number of hydrogen-bond acceptors (Lipinski definition) is 1. The van der Waals surface area contributed by atoms with Gasteiger partial charge in [-0.15, -0.1) is 18.9 Å². The summed E-state index contributed by atoms with van der Waals surface area (Å²) in [6.07, 6.45) is 16.1. The minimum absolute atomic E-state index is 0. The van der Waals surface area contributed by atoms with Crippen LogP contribution in [0.1, 0.15) is 19.8 Å². The molecule has 2 aliphatic carbocycles. The van der Waals surface area contributed by atoms with E-state index in [0.29, 0.717) is 0 Å². The van der Waals surface area contributed by atoms with Crippen LogP contribution in [0.2, 0.25) is 45.3 Å². The average molecular weight is 509 g/mol. The van der Waals surface area contributed by atoms with E-state index in [4.69, 9.17) is 4.43 Å². The van der Waals surface area contributed by atoms with Crippen molar-refractivity contribution in [3.8, 4) is 0 Å². The Balaban J connectivity index is 0. The van der Waals surface area contributed by atoms with Crippen molar-refractivity contribution >= 4 is 23.5 Å². The van der Waals surface area contributed by atoms with Crippen LogP contribution < -0.4 is 24.8 Å². The van der Waals surface area contributed by atoms with Gasteiger partial charge in [0.2, 0.25) is 8.32 Å². The SMILES string of the molecule is CC[Si](C)(C)[Si](C)(C1=[C-]CC=C1)C1=[C-]CC=C1O[Si](C)(C)C.[Cl-].[Cl-].[Zr+4]. The smallest absolute Gasteiger partial charge is 1.00 e. The molecule has 0 saturated carbocycles. The molecule has 138 valence electrons. The predicted octanol–water partition coefficient (Wildman–Crippen LogP) is -0.486. The van der Waals surface area contributed by atoms with E-state index in [9.17, 15) is 0 Å². The molecule has 0 spiro atoms. The molecule has 0 fully saturated rings. The van der Waals surface area contributed by atoms with Crippen molar-refractivity contribution in [1.29, 1.82) is 0 Å². The van der Waals surface area contributed by atoms with Crippen LogP contribution in [0, 0.1) is 12.2 Å². The van der Waals surface area contributed by atoms with Gasteiger partial charge in [0.25, 0.3) is 0 Å². The first-order valence-electron chi connectivity index (χ1n) is 8.40. The molecule has 0 amide bonds. The Kier molecular flexibility index (Phi) is 11.7. The fourth-order valence-corrected chi connectivity index (χ4v) is 16.0. The largest absolute Gasteiger partial charge is 4.00 e. The van der Waals surface area contributed by atoms with Gasteiger partial charge < -0.3 is 29.2 Å². The number of rotatable bonds is 6. The van der Waals surface area contributed by atoms with Gasteiger partial charge in [-0.25, -0.2) is 11.3 Å². The van der Waals surface area contributed by atoms with Crippen molar-refractivity contribution in [3.05, 3.63) is 46.5 Å². The summed E-state index contributed by atoms with van der Waals surface area (Å²) in [7, 11) is -4.77. The van der Waals surface area contributed by atoms with E-state index in [0.717, 1.165) is 18.6 Å². The van der Waals surface area contributed by atoms with E-state index in [1.807, 2.05) is 0 Å². The monoisotopic (exact) mass is 506 g/mol. The molecular weight excluding hydrogens is 479 g/mol. The molecule has 0 N–H and O–H groups in total. The first-order valence-corrected chi connectivity index (χ1v) is 18.5. The molecule has 0 bridgehead atoms. The van der Waals surface area contributed by atoms with Gasteiger partial charge in [-0.1, -0.05) is 38.4 Å². The van der Waals surface area contributed by atoms with E-state index in [1.54, 1.807) is 0 Å². The van der Waals surface area contributed by atoms with Gasteiger partial charge in [0.15, 0.2) is 0 Å². The Morgan fingerprint density at radius 3 is 2.04 bits per heavy atom. The molecule has 0 radical (unpaired) electrons. The third-order valence-electron chi connectivity index (χ3n) is 5.20. The molecule has 0 aliphatic heterocycles. The van der Waals surface area contributed by atoms with E-state index in [-0.39, 0.29) is 51.0 Å². The molecule has 0 aromatic rings. The van der Waals surface area contributed by atoms with Crippen LogP contribution in [0.4, 0.5) is 0 Å². The Morgan fingerprint density at radius 2 is 1.60 bits per heavy atom. The molecule has 1 unspecified atom stereocenters. The van der Waals surface area contributed by atoms with Crippen LogP contribution in [0.25, 0.3) is 0 Å². The van der Waals surface area contributed by atoms with Crippen molar-refractivity contribution < 1.29 is 55.4 Å². The quantitative estimate of drug-likeness (QED) is 0.348. The van der Waals surface area contributed by atoms with Gasteiger partial charge in [-0.2, -0.15) is 11.3 Å². The van der Waals surface area contributed by atoms with Crippen LogP contribution in [0.15, 0.2) is 34.4 Å². The molecule has 0 aromatic carbocycles. The molecule has 1 nitrogen and oxygen atoms in total. The van der Waals surface area contributed by atoms with E-state index in [1.165, 1.54) is 16.4 Å². The summed E-state index contributed by atoms with van der Waals surface area (Å²) in [6, 6.07) is 1.31. The molecule has 7 heteroatoms. The summed E-state index contributed by atoms with van der Waals surface area (Å²) in [5.74, 6) is 1.16. The zero-order valence-corrected chi connectivity index (χ0v) is 23.5. The zero-order valence-electron chi connectivity index (χ0n) is 16.5. The van der Waals surface area contributed by atoms with Crippen molar-refractivity contribution in [2.75, 3.05) is 0 Å². The zero-order chi connectivity index (χ0) is 16.6. The molecule has 25 heavy (non-hydrogen) atoms. The van der Waals surface area contributed by atoms with E-state index >= 15 is 0 Å². The maximum absolute atomic E-state index is 6.45. The topological polar surface area (TPSA) is 9.23 Å². The molecule has 1 atom stereocenters. The van der Waals surface area contributed by atoms with Gasteiger partial charge in [-0.05, 0) is 19.6 Å². The van der Waals surface area contributed by atoms with Crippen molar-refractivity contribution in [2.45, 2.75) is 65.1 Å². The fraction of sp³-hybridized carbons (Fsp3) is 0.556. The first kappa shape index (κ1) is 28.1. The minimum atomic E-state index is -1.78. The van der Waals surface area contributed by atoms with Gasteiger partial charge in [0.05, 0.1) is 0 Å². The van der Waals surface area contributed by atoms with E-state index in [2.05, 4.69) is 76.6 Å².